The van der Waals surface area contributed by atoms with Crippen LogP contribution in [0.4, 0.5) is 19.3 Å². The highest BCUT2D eigenvalue weighted by Gasteiger charge is 2.25. The van der Waals surface area contributed by atoms with Gasteiger partial charge >= 0.3 is 6.03 Å². The van der Waals surface area contributed by atoms with Crippen LogP contribution in [0.2, 0.25) is 0 Å². The number of nitrogens with one attached hydrogen (secondary N) is 2. The third-order valence-corrected chi connectivity index (χ3v) is 3.62. The molecule has 1 fully saturated rings. The van der Waals surface area contributed by atoms with Crippen LogP contribution in [-0.2, 0) is 0 Å². The van der Waals surface area contributed by atoms with Gasteiger partial charge in [-0.15, -0.1) is 0 Å². The minimum Gasteiger partial charge on any atom is -0.393 e. The number of anilines is 1. The second kappa shape index (κ2) is 7.40. The van der Waals surface area contributed by atoms with E-state index in [0.717, 1.165) is 6.07 Å². The molecule has 7 heteroatoms. The zero-order valence-corrected chi connectivity index (χ0v) is 12.5. The maximum Gasteiger partial charge on any atom is 0.315 e. The number of aliphatic hydroxyl groups is 1. The average molecular weight is 313 g/mol. The van der Waals surface area contributed by atoms with Crippen LogP contribution >= 0.6 is 0 Å². The molecule has 2 unspecified atom stereocenters. The highest BCUT2D eigenvalue weighted by atomic mass is 19.1. The van der Waals surface area contributed by atoms with Gasteiger partial charge in [-0.3, -0.25) is 0 Å². The van der Waals surface area contributed by atoms with Crippen molar-refractivity contribution >= 4 is 11.7 Å². The van der Waals surface area contributed by atoms with Crippen molar-refractivity contribution in [3.63, 3.8) is 0 Å². The molecule has 3 N–H and O–H groups in total. The molecule has 1 aliphatic heterocycles. The highest BCUT2D eigenvalue weighted by Crippen LogP contribution is 2.24. The molecule has 0 bridgehead atoms. The number of hydrogen-bond acceptors (Lipinski definition) is 3. The fraction of sp³-hybridized carbons (Fsp3) is 0.533. The van der Waals surface area contributed by atoms with Crippen LogP contribution in [0.25, 0.3) is 0 Å². The first kappa shape index (κ1) is 16.5. The Balaban J connectivity index is 1.81. The molecule has 0 radical (unpaired) electrons. The van der Waals surface area contributed by atoms with Gasteiger partial charge in [0.25, 0.3) is 0 Å². The van der Waals surface area contributed by atoms with Crippen LogP contribution in [0, 0.1) is 11.6 Å². The van der Waals surface area contributed by atoms with Gasteiger partial charge in [0, 0.05) is 31.7 Å². The summed E-state index contributed by atoms with van der Waals surface area (Å²) in [6, 6.07) is 3.11. The van der Waals surface area contributed by atoms with Crippen molar-refractivity contribution in [2.24, 2.45) is 0 Å². The topological polar surface area (TPSA) is 64.6 Å². The van der Waals surface area contributed by atoms with Gasteiger partial charge in [-0.1, -0.05) is 0 Å². The molecule has 22 heavy (non-hydrogen) atoms. The smallest absolute Gasteiger partial charge is 0.315 e. The maximum atomic E-state index is 13.7. The number of urea groups is 1. The summed E-state index contributed by atoms with van der Waals surface area (Å²) in [5.41, 5.74) is 0.347. The Hall–Kier alpha value is -1.89. The van der Waals surface area contributed by atoms with Crippen molar-refractivity contribution in [1.82, 2.24) is 10.6 Å². The first-order valence-electron chi connectivity index (χ1n) is 7.38. The molecule has 0 aliphatic carbocycles. The van der Waals surface area contributed by atoms with Crippen LogP contribution in [0.15, 0.2) is 18.2 Å². The molecule has 0 aromatic heterocycles. The lowest BCUT2D eigenvalue weighted by molar-refractivity contribution is 0.183. The van der Waals surface area contributed by atoms with Crippen molar-refractivity contribution in [3.05, 3.63) is 29.8 Å². The van der Waals surface area contributed by atoms with Crippen molar-refractivity contribution < 1.29 is 18.7 Å². The molecule has 1 heterocycles. The molecule has 122 valence electrons. The second-order valence-electron chi connectivity index (χ2n) is 5.57. The number of aliphatic hydroxyl groups excluding tert-OH is 1. The number of nitrogens with zero attached hydrogens (tertiary/aromatic N) is 1. The number of benzene rings is 1. The Morgan fingerprint density at radius 1 is 1.50 bits per heavy atom. The Morgan fingerprint density at radius 3 is 2.95 bits per heavy atom. The van der Waals surface area contributed by atoms with E-state index >= 15 is 0 Å². The van der Waals surface area contributed by atoms with Crippen molar-refractivity contribution in [2.45, 2.75) is 31.9 Å². The second-order valence-corrected chi connectivity index (χ2v) is 5.57. The molecular weight excluding hydrogens is 292 g/mol. The lowest BCUT2D eigenvalue weighted by Gasteiger charge is -2.20. The lowest BCUT2D eigenvalue weighted by atomic mass is 10.2. The lowest BCUT2D eigenvalue weighted by Crippen LogP contribution is -2.44. The zero-order chi connectivity index (χ0) is 16.1. The first-order valence-corrected chi connectivity index (χ1v) is 7.38. The number of halogens is 2. The van der Waals surface area contributed by atoms with Crippen molar-refractivity contribution in [3.8, 4) is 0 Å². The van der Waals surface area contributed by atoms with Crippen molar-refractivity contribution in [1.29, 1.82) is 0 Å². The molecule has 1 aliphatic rings. The van der Waals surface area contributed by atoms with E-state index in [2.05, 4.69) is 10.6 Å². The molecule has 5 nitrogen and oxygen atoms in total. The van der Waals surface area contributed by atoms with Crippen LogP contribution in [0.5, 0.6) is 0 Å². The molecule has 0 saturated carbocycles. The van der Waals surface area contributed by atoms with Gasteiger partial charge in [0.2, 0.25) is 0 Å². The number of rotatable bonds is 5. The van der Waals surface area contributed by atoms with E-state index in [1.165, 1.54) is 12.1 Å². The first-order chi connectivity index (χ1) is 10.5. The quantitative estimate of drug-likeness (QED) is 0.774. The molecule has 0 spiro atoms. The molecule has 1 aromatic rings. The van der Waals surface area contributed by atoms with Gasteiger partial charge in [0.1, 0.15) is 11.6 Å². The Kier molecular flexibility index (Phi) is 5.54. The van der Waals surface area contributed by atoms with Gasteiger partial charge in [0.05, 0.1) is 11.8 Å². The van der Waals surface area contributed by atoms with E-state index in [1.807, 2.05) is 0 Å². The summed E-state index contributed by atoms with van der Waals surface area (Å²) in [6.07, 6.45) is 0.731. The SMILES string of the molecule is CC(O)CCNC(=O)NC1CCN(c2ccc(F)cc2F)C1. The summed E-state index contributed by atoms with van der Waals surface area (Å²) in [5, 5.41) is 14.6. The average Bonchev–Trinajstić information content (AvgIpc) is 2.86. The van der Waals surface area contributed by atoms with Gasteiger partial charge < -0.3 is 20.6 Å². The largest absolute Gasteiger partial charge is 0.393 e. The monoisotopic (exact) mass is 313 g/mol. The van der Waals surface area contributed by atoms with Crippen LogP contribution in [-0.4, -0.2) is 42.9 Å². The number of amides is 2. The molecule has 2 amide bonds. The third-order valence-electron chi connectivity index (χ3n) is 3.62. The fourth-order valence-corrected chi connectivity index (χ4v) is 2.47. The Labute approximate surface area is 128 Å². The summed E-state index contributed by atoms with van der Waals surface area (Å²) in [6.45, 7) is 3.13. The molecule has 1 aromatic carbocycles. The van der Waals surface area contributed by atoms with Gasteiger partial charge in [0.15, 0.2) is 0 Å². The van der Waals surface area contributed by atoms with Gasteiger partial charge in [-0.25, -0.2) is 13.6 Å². The summed E-state index contributed by atoms with van der Waals surface area (Å²) >= 11 is 0. The van der Waals surface area contributed by atoms with E-state index < -0.39 is 17.7 Å². The summed E-state index contributed by atoms with van der Waals surface area (Å²) in [4.78, 5) is 13.5. The number of hydrogen-bond donors (Lipinski definition) is 3. The van der Waals surface area contributed by atoms with Crippen LogP contribution in [0.1, 0.15) is 19.8 Å². The number of carbonyl (C=O) groups is 1. The summed E-state index contributed by atoms with van der Waals surface area (Å²) in [7, 11) is 0. The van der Waals surface area contributed by atoms with E-state index in [0.29, 0.717) is 38.2 Å². The third kappa shape index (κ3) is 4.56. The van der Waals surface area contributed by atoms with E-state index in [-0.39, 0.29) is 12.1 Å². The molecule has 1 saturated heterocycles. The minimum absolute atomic E-state index is 0.0870. The van der Waals surface area contributed by atoms with Gasteiger partial charge in [-0.05, 0) is 31.9 Å². The summed E-state index contributed by atoms with van der Waals surface area (Å²) < 4.78 is 26.6. The van der Waals surface area contributed by atoms with E-state index in [1.54, 1.807) is 11.8 Å². The van der Waals surface area contributed by atoms with Crippen LogP contribution in [0.3, 0.4) is 0 Å². The molecule has 2 rings (SSSR count). The number of carbonyl (C=O) groups excluding carboxylic acids is 1. The predicted octanol–water partition coefficient (Wildman–Crippen LogP) is 1.61. The zero-order valence-electron chi connectivity index (χ0n) is 12.5. The molecular formula is C15H21F2N3O2. The highest BCUT2D eigenvalue weighted by molar-refractivity contribution is 5.74. The van der Waals surface area contributed by atoms with Gasteiger partial charge in [-0.2, -0.15) is 0 Å². The Morgan fingerprint density at radius 2 is 2.27 bits per heavy atom. The standard InChI is InChI=1S/C15H21F2N3O2/c1-10(21)4-6-18-15(22)19-12-5-7-20(9-12)14-3-2-11(16)8-13(14)17/h2-3,8,10,12,21H,4-7,9H2,1H3,(H2,18,19,22). The summed E-state index contributed by atoms with van der Waals surface area (Å²) in [5.74, 6) is -1.20. The maximum absolute atomic E-state index is 13.7. The van der Waals surface area contributed by atoms with Crippen molar-refractivity contribution in [2.75, 3.05) is 24.5 Å². The molecule has 2 atom stereocenters. The fourth-order valence-electron chi connectivity index (χ4n) is 2.47. The predicted molar refractivity (Wildman–Crippen MR) is 79.8 cm³/mol. The minimum atomic E-state index is -0.604. The normalized spacial score (nSPS) is 19.1. The van der Waals surface area contributed by atoms with Crippen LogP contribution < -0.4 is 15.5 Å². The Bertz CT molecular complexity index is 526. The van der Waals surface area contributed by atoms with E-state index in [9.17, 15) is 13.6 Å². The van der Waals surface area contributed by atoms with E-state index in [4.69, 9.17) is 5.11 Å².